The fourth-order valence-corrected chi connectivity index (χ4v) is 1.73. The van der Waals surface area contributed by atoms with Crippen molar-refractivity contribution in [2.45, 2.75) is 10.4 Å². The largest absolute Gasteiger partial charge is 0.380 e. The normalized spacial score (nSPS) is 11.8. The molecule has 0 fully saturated rings. The summed E-state index contributed by atoms with van der Waals surface area (Å²) in [7, 11) is -5.39. The van der Waals surface area contributed by atoms with Gasteiger partial charge >= 0.3 is 5.25 Å². The fraction of sp³-hybridized carbons (Fsp3) is 0.286. The van der Waals surface area contributed by atoms with Crippen LogP contribution in [-0.4, -0.2) is 30.3 Å². The Balaban J connectivity index is 3.43. The molecule has 1 aromatic rings. The molecule has 0 aliphatic heterocycles. The van der Waals surface area contributed by atoms with Gasteiger partial charge in [-0.3, -0.25) is 0 Å². The average Bonchev–Trinajstić information content (AvgIpc) is 2.72. The van der Waals surface area contributed by atoms with Crippen molar-refractivity contribution in [1.82, 2.24) is 9.97 Å². The van der Waals surface area contributed by atoms with Gasteiger partial charge in [-0.15, -0.1) is 0 Å². The summed E-state index contributed by atoms with van der Waals surface area (Å²) < 4.78 is 59.8. The molecule has 1 aromatic heterocycles. The van der Waals surface area contributed by atoms with Crippen LogP contribution in [0, 0.1) is 22.7 Å². The summed E-state index contributed by atoms with van der Waals surface area (Å²) in [5, 5.41) is 10.9. The first kappa shape index (κ1) is 13.0. The van der Waals surface area contributed by atoms with Gasteiger partial charge in [-0.2, -0.15) is 19.3 Å². The molecule has 0 radical (unpaired) electrons. The predicted octanol–water partition coefficient (Wildman–Crippen LogP) is 0.489. The van der Waals surface area contributed by atoms with Gasteiger partial charge in [-0.25, -0.2) is 17.8 Å². The van der Waals surface area contributed by atoms with Gasteiger partial charge in [0.1, 0.15) is 12.1 Å². The van der Waals surface area contributed by atoms with Crippen molar-refractivity contribution in [1.29, 1.82) is 10.5 Å². The van der Waals surface area contributed by atoms with Crippen molar-refractivity contribution < 1.29 is 21.6 Å². The molecule has 17 heavy (non-hydrogen) atoms. The highest BCUT2D eigenvalue weighted by Gasteiger charge is 2.48. The van der Waals surface area contributed by atoms with Gasteiger partial charge in [-0.1, -0.05) is 0 Å². The van der Waals surface area contributed by atoms with Crippen LogP contribution >= 0.6 is 0 Å². The van der Waals surface area contributed by atoms with Gasteiger partial charge in [0, 0.05) is 0 Å². The van der Waals surface area contributed by atoms with Crippen molar-refractivity contribution >= 4 is 9.84 Å². The molecule has 0 saturated carbocycles. The molecule has 0 bridgehead atoms. The Kier molecular flexibility index (Phi) is 3.11. The highest BCUT2D eigenvalue weighted by Crippen LogP contribution is 2.28. The first-order valence-corrected chi connectivity index (χ1v) is 5.37. The van der Waals surface area contributed by atoms with E-state index in [0.717, 1.165) is 0 Å². The van der Waals surface area contributed by atoms with Crippen LogP contribution in [0.25, 0.3) is 0 Å². The lowest BCUT2D eigenvalue weighted by Gasteiger charge is -2.10. The van der Waals surface area contributed by atoms with Crippen molar-refractivity contribution in [3.8, 4) is 12.1 Å². The molecule has 0 aromatic carbocycles. The van der Waals surface area contributed by atoms with Gasteiger partial charge in [0.25, 0.3) is 9.84 Å². The number of nitrogens with zero attached hydrogens (tertiary/aromatic N) is 3. The molecule has 6 nitrogen and oxygen atoms in total. The van der Waals surface area contributed by atoms with Crippen LogP contribution in [0.5, 0.6) is 0 Å². The zero-order valence-electron chi connectivity index (χ0n) is 7.91. The van der Waals surface area contributed by atoms with Crippen molar-refractivity contribution in [2.75, 3.05) is 6.67 Å². The fourth-order valence-electron chi connectivity index (χ4n) is 0.854. The third-order valence-corrected chi connectivity index (χ3v) is 3.30. The molecule has 0 unspecified atom stereocenters. The van der Waals surface area contributed by atoms with E-state index in [4.69, 9.17) is 10.5 Å². The Labute approximate surface area is 93.2 Å². The predicted molar refractivity (Wildman–Crippen MR) is 46.1 cm³/mol. The van der Waals surface area contributed by atoms with Gasteiger partial charge in [0.15, 0.2) is 18.1 Å². The number of rotatable bonds is 3. The van der Waals surface area contributed by atoms with Gasteiger partial charge in [0.05, 0.1) is 0 Å². The van der Waals surface area contributed by atoms with E-state index in [0.29, 0.717) is 0 Å². The third kappa shape index (κ3) is 1.94. The molecule has 0 saturated heterocycles. The van der Waals surface area contributed by atoms with E-state index in [-0.39, 0.29) is 0 Å². The van der Waals surface area contributed by atoms with Crippen molar-refractivity contribution in [2.24, 2.45) is 0 Å². The third-order valence-electron chi connectivity index (χ3n) is 1.70. The number of nitrogens with one attached hydrogen (secondary N) is 1. The van der Waals surface area contributed by atoms with E-state index < -0.39 is 38.3 Å². The number of aromatic amines is 1. The Morgan fingerprint density at radius 1 is 1.35 bits per heavy atom. The van der Waals surface area contributed by atoms with E-state index in [2.05, 4.69) is 4.98 Å². The summed E-state index contributed by atoms with van der Waals surface area (Å²) in [5.74, 6) is 0. The molecule has 90 valence electrons. The van der Waals surface area contributed by atoms with Crippen molar-refractivity contribution in [3.63, 3.8) is 0 Å². The van der Waals surface area contributed by atoms with Crippen LogP contribution in [0.15, 0.2) is 5.16 Å². The van der Waals surface area contributed by atoms with Crippen LogP contribution in [0.3, 0.4) is 0 Å². The standard InChI is InChI=1S/C7H3F3N4O2S/c8-3-7(9,10)17(15,16)6-13-4(1-11)5(2-12)14-6/h3H2,(H,13,14). The van der Waals surface area contributed by atoms with Crippen LogP contribution < -0.4 is 0 Å². The number of H-pyrrole nitrogens is 1. The number of imidazole rings is 1. The highest BCUT2D eigenvalue weighted by molar-refractivity contribution is 7.92. The summed E-state index contributed by atoms with van der Waals surface area (Å²) in [5.41, 5.74) is -1.23. The molecule has 0 amide bonds. The molecule has 1 heterocycles. The van der Waals surface area contributed by atoms with Crippen molar-refractivity contribution in [3.05, 3.63) is 11.4 Å². The van der Waals surface area contributed by atoms with Crippen LogP contribution in [0.4, 0.5) is 13.2 Å². The first-order valence-electron chi connectivity index (χ1n) is 3.88. The number of alkyl halides is 3. The average molecular weight is 264 g/mol. The smallest absolute Gasteiger partial charge is 0.319 e. The maximum absolute atomic E-state index is 12.8. The Morgan fingerprint density at radius 3 is 2.29 bits per heavy atom. The Morgan fingerprint density at radius 2 is 1.94 bits per heavy atom. The van der Waals surface area contributed by atoms with Crippen LogP contribution in [0.1, 0.15) is 11.4 Å². The summed E-state index contributed by atoms with van der Waals surface area (Å²) in [6.07, 6.45) is 0. The quantitative estimate of drug-likeness (QED) is 0.854. The highest BCUT2D eigenvalue weighted by atomic mass is 32.2. The molecule has 10 heteroatoms. The zero-order valence-corrected chi connectivity index (χ0v) is 8.72. The molecule has 0 spiro atoms. The maximum Gasteiger partial charge on any atom is 0.380 e. The lowest BCUT2D eigenvalue weighted by atomic mass is 10.4. The zero-order chi connectivity index (χ0) is 13.3. The summed E-state index contributed by atoms with van der Waals surface area (Å²) >= 11 is 0. The molecule has 0 aliphatic rings. The molecular formula is C7H3F3N4O2S. The minimum atomic E-state index is -5.39. The molecule has 1 N–H and O–H groups in total. The number of aromatic nitrogens is 2. The molecular weight excluding hydrogens is 261 g/mol. The number of sulfone groups is 1. The summed E-state index contributed by atoms with van der Waals surface area (Å²) in [6, 6.07) is 2.71. The van der Waals surface area contributed by atoms with Gasteiger partial charge in [-0.05, 0) is 0 Å². The number of hydrogen-bond acceptors (Lipinski definition) is 5. The Bertz CT molecular complexity index is 591. The maximum atomic E-state index is 12.8. The molecule has 0 atom stereocenters. The van der Waals surface area contributed by atoms with Gasteiger partial charge < -0.3 is 4.98 Å². The topological polar surface area (TPSA) is 110 Å². The SMILES string of the molecule is N#Cc1nc(S(=O)(=O)C(F)(F)CF)[nH]c1C#N. The summed E-state index contributed by atoms with van der Waals surface area (Å²) in [6.45, 7) is -2.43. The Hall–Kier alpha value is -2.07. The number of halogens is 3. The minimum Gasteiger partial charge on any atom is -0.319 e. The molecule has 0 aliphatic carbocycles. The van der Waals surface area contributed by atoms with E-state index in [1.54, 1.807) is 4.98 Å². The van der Waals surface area contributed by atoms with Gasteiger partial charge in [0.2, 0.25) is 5.16 Å². The number of hydrogen-bond donors (Lipinski definition) is 1. The first-order chi connectivity index (χ1) is 7.80. The lowest BCUT2D eigenvalue weighted by molar-refractivity contribution is 0.0615. The molecule has 1 rings (SSSR count). The number of nitriles is 2. The van der Waals surface area contributed by atoms with E-state index in [1.807, 2.05) is 0 Å². The van der Waals surface area contributed by atoms with E-state index >= 15 is 0 Å². The second kappa shape index (κ2) is 4.07. The van der Waals surface area contributed by atoms with Crippen LogP contribution in [-0.2, 0) is 9.84 Å². The monoisotopic (exact) mass is 264 g/mol. The second-order valence-electron chi connectivity index (χ2n) is 2.76. The van der Waals surface area contributed by atoms with Crippen LogP contribution in [0.2, 0.25) is 0 Å². The second-order valence-corrected chi connectivity index (χ2v) is 4.75. The van der Waals surface area contributed by atoms with E-state index in [1.165, 1.54) is 12.1 Å². The van der Waals surface area contributed by atoms with E-state index in [9.17, 15) is 21.6 Å². The minimum absolute atomic E-state index is 0.583. The summed E-state index contributed by atoms with van der Waals surface area (Å²) in [4.78, 5) is 4.75. The lowest BCUT2D eigenvalue weighted by Crippen LogP contribution is -2.32.